The summed E-state index contributed by atoms with van der Waals surface area (Å²) in [6, 6.07) is 5.77. The van der Waals surface area contributed by atoms with Crippen molar-refractivity contribution in [1.29, 1.82) is 0 Å². The maximum atomic E-state index is 12.5. The topological polar surface area (TPSA) is 52.6 Å². The lowest BCUT2D eigenvalue weighted by atomic mass is 9.92. The third-order valence-corrected chi connectivity index (χ3v) is 4.25. The lowest BCUT2D eigenvalue weighted by Gasteiger charge is -2.33. The predicted octanol–water partition coefficient (Wildman–Crippen LogP) is 2.27. The van der Waals surface area contributed by atoms with Crippen LogP contribution >= 0.6 is 0 Å². The Bertz CT molecular complexity index is 477. The molecule has 0 aromatic heterocycles. The number of anilines is 1. The fourth-order valence-electron chi connectivity index (χ4n) is 2.84. The molecular formula is C16H24N2O2. The van der Waals surface area contributed by atoms with Crippen LogP contribution in [-0.2, 0) is 0 Å². The van der Waals surface area contributed by atoms with Gasteiger partial charge in [-0.1, -0.05) is 0 Å². The zero-order chi connectivity index (χ0) is 14.7. The molecular weight excluding hydrogens is 252 g/mol. The van der Waals surface area contributed by atoms with Crippen LogP contribution in [-0.4, -0.2) is 42.2 Å². The van der Waals surface area contributed by atoms with E-state index in [4.69, 9.17) is 0 Å². The Balaban J connectivity index is 2.04. The van der Waals surface area contributed by atoms with E-state index < -0.39 is 0 Å². The Kier molecular flexibility index (Phi) is 4.65. The van der Waals surface area contributed by atoms with Crippen LogP contribution in [0, 0.1) is 12.8 Å². The summed E-state index contributed by atoms with van der Waals surface area (Å²) in [5.41, 5.74) is 2.88. The van der Waals surface area contributed by atoms with Crippen molar-refractivity contribution in [2.75, 3.05) is 25.5 Å². The van der Waals surface area contributed by atoms with Gasteiger partial charge in [-0.3, -0.25) is 4.79 Å². The van der Waals surface area contributed by atoms with Crippen molar-refractivity contribution in [1.82, 2.24) is 4.90 Å². The number of carbonyl (C=O) groups is 1. The Morgan fingerprint density at radius 1 is 1.40 bits per heavy atom. The van der Waals surface area contributed by atoms with E-state index in [2.05, 4.69) is 5.32 Å². The molecule has 1 aliphatic heterocycles. The molecule has 2 N–H and O–H groups in total. The Morgan fingerprint density at radius 2 is 2.05 bits per heavy atom. The lowest BCUT2D eigenvalue weighted by Crippen LogP contribution is -2.40. The number of amides is 1. The van der Waals surface area contributed by atoms with E-state index in [0.717, 1.165) is 42.7 Å². The molecule has 110 valence electrons. The van der Waals surface area contributed by atoms with E-state index in [0.29, 0.717) is 5.92 Å². The van der Waals surface area contributed by atoms with Gasteiger partial charge in [0.25, 0.3) is 5.91 Å². The van der Waals surface area contributed by atoms with Crippen LogP contribution in [0.25, 0.3) is 0 Å². The molecule has 1 atom stereocenters. The molecule has 0 aliphatic carbocycles. The minimum absolute atomic E-state index is 0.0970. The second-order valence-corrected chi connectivity index (χ2v) is 5.65. The number of hydrogen-bond acceptors (Lipinski definition) is 3. The smallest absolute Gasteiger partial charge is 0.253 e. The van der Waals surface area contributed by atoms with E-state index in [1.54, 1.807) is 0 Å². The molecule has 1 heterocycles. The first-order valence-corrected chi connectivity index (χ1v) is 7.28. The standard InChI is InChI=1S/C16H24N2O2/c1-11-10-14(4-5-15(11)17-3)16(20)18-8-6-13(7-9-18)12(2)19/h4-5,10,12-13,17,19H,6-9H2,1-3H3. The quantitative estimate of drug-likeness (QED) is 0.890. The Labute approximate surface area is 120 Å². The van der Waals surface area contributed by atoms with Crippen LogP contribution in [0.4, 0.5) is 5.69 Å². The van der Waals surface area contributed by atoms with E-state index in [1.165, 1.54) is 0 Å². The first-order chi connectivity index (χ1) is 9.52. The van der Waals surface area contributed by atoms with Gasteiger partial charge in [0.15, 0.2) is 0 Å². The summed E-state index contributed by atoms with van der Waals surface area (Å²) in [6.07, 6.45) is 1.50. The number of rotatable bonds is 3. The summed E-state index contributed by atoms with van der Waals surface area (Å²) in [7, 11) is 1.88. The summed E-state index contributed by atoms with van der Waals surface area (Å²) in [6.45, 7) is 5.31. The highest BCUT2D eigenvalue weighted by atomic mass is 16.3. The largest absolute Gasteiger partial charge is 0.393 e. The van der Waals surface area contributed by atoms with E-state index in [1.807, 2.05) is 44.0 Å². The van der Waals surface area contributed by atoms with Crippen LogP contribution in [0.1, 0.15) is 35.7 Å². The molecule has 1 saturated heterocycles. The number of aryl methyl sites for hydroxylation is 1. The number of aliphatic hydroxyl groups is 1. The minimum atomic E-state index is -0.274. The van der Waals surface area contributed by atoms with Gasteiger partial charge >= 0.3 is 0 Å². The molecule has 0 radical (unpaired) electrons. The zero-order valence-electron chi connectivity index (χ0n) is 12.5. The summed E-state index contributed by atoms with van der Waals surface area (Å²) in [4.78, 5) is 14.4. The number of nitrogens with zero attached hydrogens (tertiary/aromatic N) is 1. The number of likely N-dealkylation sites (tertiary alicyclic amines) is 1. The Hall–Kier alpha value is -1.55. The molecule has 1 unspecified atom stereocenters. The van der Waals surface area contributed by atoms with Gasteiger partial charge in [-0.05, 0) is 56.4 Å². The SMILES string of the molecule is CNc1ccc(C(=O)N2CCC(C(C)O)CC2)cc1C. The second-order valence-electron chi connectivity index (χ2n) is 5.65. The van der Waals surface area contributed by atoms with Crippen LogP contribution in [0.2, 0.25) is 0 Å². The summed E-state index contributed by atoms with van der Waals surface area (Å²) in [5, 5.41) is 12.7. The monoisotopic (exact) mass is 276 g/mol. The lowest BCUT2D eigenvalue weighted by molar-refractivity contribution is 0.0521. The molecule has 1 aromatic rings. The van der Waals surface area contributed by atoms with Gasteiger partial charge in [0.1, 0.15) is 0 Å². The van der Waals surface area contributed by atoms with Gasteiger partial charge in [0.2, 0.25) is 0 Å². The second kappa shape index (κ2) is 6.27. The highest BCUT2D eigenvalue weighted by Crippen LogP contribution is 2.23. The molecule has 0 bridgehead atoms. The molecule has 4 nitrogen and oxygen atoms in total. The van der Waals surface area contributed by atoms with Crippen LogP contribution in [0.15, 0.2) is 18.2 Å². The van der Waals surface area contributed by atoms with Crippen molar-refractivity contribution in [2.45, 2.75) is 32.8 Å². The van der Waals surface area contributed by atoms with E-state index in [9.17, 15) is 9.90 Å². The number of carbonyl (C=O) groups excluding carboxylic acids is 1. The minimum Gasteiger partial charge on any atom is -0.393 e. The predicted molar refractivity (Wildman–Crippen MR) is 81.0 cm³/mol. The third-order valence-electron chi connectivity index (χ3n) is 4.25. The summed E-state index contributed by atoms with van der Waals surface area (Å²) in [5.74, 6) is 0.423. The van der Waals surface area contributed by atoms with Gasteiger partial charge in [0, 0.05) is 31.4 Å². The molecule has 0 spiro atoms. The highest BCUT2D eigenvalue weighted by molar-refractivity contribution is 5.95. The molecule has 1 amide bonds. The number of benzene rings is 1. The van der Waals surface area contributed by atoms with Crippen molar-refractivity contribution in [3.63, 3.8) is 0 Å². The fourth-order valence-corrected chi connectivity index (χ4v) is 2.84. The first-order valence-electron chi connectivity index (χ1n) is 7.28. The van der Waals surface area contributed by atoms with Crippen molar-refractivity contribution < 1.29 is 9.90 Å². The number of hydrogen-bond donors (Lipinski definition) is 2. The Morgan fingerprint density at radius 3 is 2.55 bits per heavy atom. The summed E-state index contributed by atoms with van der Waals surface area (Å²) < 4.78 is 0. The van der Waals surface area contributed by atoms with Gasteiger partial charge in [-0.2, -0.15) is 0 Å². The van der Waals surface area contributed by atoms with E-state index >= 15 is 0 Å². The molecule has 0 saturated carbocycles. The molecule has 20 heavy (non-hydrogen) atoms. The number of piperidine rings is 1. The molecule has 1 fully saturated rings. The van der Waals surface area contributed by atoms with Crippen molar-refractivity contribution in [2.24, 2.45) is 5.92 Å². The summed E-state index contributed by atoms with van der Waals surface area (Å²) >= 11 is 0. The van der Waals surface area contributed by atoms with Gasteiger partial charge in [-0.25, -0.2) is 0 Å². The first kappa shape index (κ1) is 14.9. The van der Waals surface area contributed by atoms with Crippen molar-refractivity contribution in [3.05, 3.63) is 29.3 Å². The molecule has 1 aromatic carbocycles. The van der Waals surface area contributed by atoms with Gasteiger partial charge < -0.3 is 15.3 Å². The molecule has 2 rings (SSSR count). The third kappa shape index (κ3) is 3.12. The zero-order valence-corrected chi connectivity index (χ0v) is 12.5. The van der Waals surface area contributed by atoms with Crippen molar-refractivity contribution >= 4 is 11.6 Å². The van der Waals surface area contributed by atoms with Crippen molar-refractivity contribution in [3.8, 4) is 0 Å². The van der Waals surface area contributed by atoms with Crippen LogP contribution in [0.3, 0.4) is 0 Å². The molecule has 1 aliphatic rings. The average Bonchev–Trinajstić information content (AvgIpc) is 2.46. The number of nitrogens with one attached hydrogen (secondary N) is 1. The fraction of sp³-hybridized carbons (Fsp3) is 0.562. The van der Waals surface area contributed by atoms with E-state index in [-0.39, 0.29) is 12.0 Å². The highest BCUT2D eigenvalue weighted by Gasteiger charge is 2.26. The van der Waals surface area contributed by atoms with Gasteiger partial charge in [0.05, 0.1) is 6.10 Å². The normalized spacial score (nSPS) is 17.9. The number of aliphatic hydroxyl groups excluding tert-OH is 1. The molecule has 4 heteroatoms. The van der Waals surface area contributed by atoms with Crippen LogP contribution < -0.4 is 5.32 Å². The van der Waals surface area contributed by atoms with Crippen LogP contribution in [0.5, 0.6) is 0 Å². The van der Waals surface area contributed by atoms with Gasteiger partial charge in [-0.15, -0.1) is 0 Å². The maximum Gasteiger partial charge on any atom is 0.253 e. The maximum absolute atomic E-state index is 12.5. The average molecular weight is 276 g/mol.